The molecule has 3 amide bonds. The summed E-state index contributed by atoms with van der Waals surface area (Å²) in [5.74, 6) is 0.284. The van der Waals surface area contributed by atoms with Crippen molar-refractivity contribution in [3.8, 4) is 0 Å². The highest BCUT2D eigenvalue weighted by atomic mass is 19.1. The number of hydrogen-bond acceptors (Lipinski definition) is 4. The number of halogens is 1. The van der Waals surface area contributed by atoms with Crippen molar-refractivity contribution in [1.82, 2.24) is 10.2 Å². The molecule has 1 aromatic rings. The third-order valence-corrected chi connectivity index (χ3v) is 8.67. The Balaban J connectivity index is 1.42. The van der Waals surface area contributed by atoms with Crippen molar-refractivity contribution in [2.24, 2.45) is 28.9 Å². The topological polar surface area (TPSA) is 102 Å². The summed E-state index contributed by atoms with van der Waals surface area (Å²) in [5.41, 5.74) is 5.97. The fraction of sp³-hybridized carbons (Fsp3) is 0.625. The maximum atomic E-state index is 13.8. The Morgan fingerprint density at radius 1 is 1.12 bits per heavy atom. The van der Waals surface area contributed by atoms with Crippen LogP contribution < -0.4 is 11.1 Å². The van der Waals surface area contributed by atoms with Crippen molar-refractivity contribution in [2.45, 2.75) is 50.0 Å². The monoisotopic (exact) mass is 443 g/mol. The van der Waals surface area contributed by atoms with Crippen LogP contribution in [0.25, 0.3) is 0 Å². The molecule has 32 heavy (non-hydrogen) atoms. The van der Waals surface area contributed by atoms with E-state index in [1.54, 1.807) is 4.90 Å². The van der Waals surface area contributed by atoms with E-state index in [9.17, 15) is 18.8 Å². The first-order chi connectivity index (χ1) is 15.3. The standard InChI is InChI=1S/C24H30FN3O4/c1-27-22(31)32-19-12-28(13-19)20(29)11-24(15-2-4-18(25)5-3-15)16-6-14-7-17(24)10-23(8-14,9-16)21(26)30/h2-5,14,16-17,19H,6-13H2,1H3,(H2,26,30)(H,27,31). The van der Waals surface area contributed by atoms with E-state index >= 15 is 0 Å². The molecule has 6 rings (SSSR count). The van der Waals surface area contributed by atoms with Crippen molar-refractivity contribution in [3.05, 3.63) is 35.6 Å². The number of alkyl carbamates (subject to hydrolysis) is 1. The van der Waals surface area contributed by atoms with Crippen LogP contribution in [0.2, 0.25) is 0 Å². The highest BCUT2D eigenvalue weighted by molar-refractivity contribution is 5.82. The lowest BCUT2D eigenvalue weighted by molar-refractivity contribution is -0.162. The van der Waals surface area contributed by atoms with Gasteiger partial charge in [0.2, 0.25) is 11.8 Å². The van der Waals surface area contributed by atoms with Gasteiger partial charge < -0.3 is 20.7 Å². The molecule has 4 aliphatic carbocycles. The second kappa shape index (κ2) is 7.46. The van der Waals surface area contributed by atoms with Gasteiger partial charge in [0.05, 0.1) is 13.1 Å². The third kappa shape index (κ3) is 3.18. The molecule has 1 aliphatic heterocycles. The zero-order valence-electron chi connectivity index (χ0n) is 18.3. The molecule has 4 saturated carbocycles. The number of carbonyl (C=O) groups excluding carboxylic acids is 3. The van der Waals surface area contributed by atoms with Crippen molar-refractivity contribution < 1.29 is 23.5 Å². The van der Waals surface area contributed by atoms with E-state index in [0.29, 0.717) is 38.3 Å². The number of rotatable bonds is 5. The maximum absolute atomic E-state index is 13.8. The van der Waals surface area contributed by atoms with Gasteiger partial charge in [0.1, 0.15) is 11.9 Å². The summed E-state index contributed by atoms with van der Waals surface area (Å²) >= 11 is 0. The predicted molar refractivity (Wildman–Crippen MR) is 114 cm³/mol. The summed E-state index contributed by atoms with van der Waals surface area (Å²) in [6.45, 7) is 0.768. The first kappa shape index (κ1) is 21.2. The number of amides is 3. The number of primary amides is 1. The molecule has 2 atom stereocenters. The van der Waals surface area contributed by atoms with Gasteiger partial charge in [-0.25, -0.2) is 9.18 Å². The van der Waals surface area contributed by atoms with Crippen molar-refractivity contribution >= 4 is 17.9 Å². The van der Waals surface area contributed by atoms with Crippen LogP contribution in [0.4, 0.5) is 9.18 Å². The van der Waals surface area contributed by atoms with E-state index in [2.05, 4.69) is 5.32 Å². The molecule has 0 spiro atoms. The molecule has 7 nitrogen and oxygen atoms in total. The molecular weight excluding hydrogens is 413 g/mol. The summed E-state index contributed by atoms with van der Waals surface area (Å²) in [6.07, 6.45) is 3.72. The van der Waals surface area contributed by atoms with Crippen LogP contribution in [0.15, 0.2) is 24.3 Å². The van der Waals surface area contributed by atoms with E-state index < -0.39 is 16.9 Å². The van der Waals surface area contributed by atoms with Gasteiger partial charge in [-0.3, -0.25) is 9.59 Å². The summed E-state index contributed by atoms with van der Waals surface area (Å²) in [4.78, 5) is 39.0. The van der Waals surface area contributed by atoms with Crippen LogP contribution in [0, 0.1) is 29.0 Å². The van der Waals surface area contributed by atoms with Crippen LogP contribution in [0.5, 0.6) is 0 Å². The van der Waals surface area contributed by atoms with Gasteiger partial charge >= 0.3 is 6.09 Å². The highest BCUT2D eigenvalue weighted by Gasteiger charge is 2.64. The lowest BCUT2D eigenvalue weighted by atomic mass is 9.39. The van der Waals surface area contributed by atoms with Crippen LogP contribution in [-0.2, 0) is 19.7 Å². The predicted octanol–water partition coefficient (Wildman–Crippen LogP) is 2.33. The zero-order valence-corrected chi connectivity index (χ0v) is 18.3. The number of carbonyl (C=O) groups is 3. The molecule has 0 aromatic heterocycles. The molecule has 4 bridgehead atoms. The van der Waals surface area contributed by atoms with Gasteiger partial charge in [0, 0.05) is 24.3 Å². The number of hydrogen-bond donors (Lipinski definition) is 2. The molecule has 0 radical (unpaired) electrons. The molecule has 1 heterocycles. The Morgan fingerprint density at radius 2 is 1.75 bits per heavy atom. The molecular formula is C24H30FN3O4. The Morgan fingerprint density at radius 3 is 2.31 bits per heavy atom. The van der Waals surface area contributed by atoms with Crippen molar-refractivity contribution in [1.29, 1.82) is 0 Å². The minimum atomic E-state index is -0.498. The fourth-order valence-electron chi connectivity index (χ4n) is 7.31. The van der Waals surface area contributed by atoms with Crippen LogP contribution in [0.3, 0.4) is 0 Å². The van der Waals surface area contributed by atoms with Gasteiger partial charge in [-0.05, 0) is 67.6 Å². The number of ether oxygens (including phenoxy) is 1. The average Bonchev–Trinajstić information content (AvgIpc) is 2.72. The van der Waals surface area contributed by atoms with E-state index in [1.807, 2.05) is 12.1 Å². The summed E-state index contributed by atoms with van der Waals surface area (Å²) in [6, 6.07) is 6.56. The molecule has 5 aliphatic rings. The van der Waals surface area contributed by atoms with Crippen molar-refractivity contribution in [3.63, 3.8) is 0 Å². The quantitative estimate of drug-likeness (QED) is 0.729. The lowest BCUT2D eigenvalue weighted by Crippen LogP contribution is -2.64. The van der Waals surface area contributed by atoms with Gasteiger partial charge in [0.15, 0.2) is 0 Å². The summed E-state index contributed by atoms with van der Waals surface area (Å²) < 4.78 is 19.0. The second-order valence-electron chi connectivity index (χ2n) is 10.3. The number of likely N-dealkylation sites (tertiary alicyclic amines) is 1. The number of nitrogens with zero attached hydrogens (tertiary/aromatic N) is 1. The number of nitrogens with two attached hydrogens (primary N) is 1. The Hall–Kier alpha value is -2.64. The molecule has 8 heteroatoms. The molecule has 3 N–H and O–H groups in total. The highest BCUT2D eigenvalue weighted by Crippen LogP contribution is 2.68. The Kier molecular flexibility index (Phi) is 4.94. The van der Waals surface area contributed by atoms with Gasteiger partial charge in [-0.2, -0.15) is 0 Å². The fourth-order valence-corrected chi connectivity index (χ4v) is 7.31. The SMILES string of the molecule is CNC(=O)OC1CN(C(=O)CC2(c3ccc(F)cc3)C3CC4CC2CC(C(N)=O)(C4)C3)C1. The minimum absolute atomic E-state index is 0.0201. The first-order valence-electron chi connectivity index (χ1n) is 11.5. The average molecular weight is 444 g/mol. The number of nitrogens with one attached hydrogen (secondary N) is 1. The van der Waals surface area contributed by atoms with E-state index in [4.69, 9.17) is 10.5 Å². The van der Waals surface area contributed by atoms with Gasteiger partial charge in [0.25, 0.3) is 0 Å². The lowest BCUT2D eigenvalue weighted by Gasteiger charge is -2.65. The van der Waals surface area contributed by atoms with Crippen molar-refractivity contribution in [2.75, 3.05) is 20.1 Å². The van der Waals surface area contributed by atoms with E-state index in [1.165, 1.54) is 19.2 Å². The first-order valence-corrected chi connectivity index (χ1v) is 11.5. The normalized spacial score (nSPS) is 35.3. The Labute approximate surface area is 186 Å². The van der Waals surface area contributed by atoms with Crippen LogP contribution >= 0.6 is 0 Å². The van der Waals surface area contributed by atoms with Gasteiger partial charge in [-0.1, -0.05) is 12.1 Å². The number of benzene rings is 1. The molecule has 172 valence electrons. The summed E-state index contributed by atoms with van der Waals surface area (Å²) in [5, 5.41) is 2.42. The molecule has 5 fully saturated rings. The van der Waals surface area contributed by atoms with Gasteiger partial charge in [-0.15, -0.1) is 0 Å². The van der Waals surface area contributed by atoms with E-state index in [-0.39, 0.29) is 35.6 Å². The summed E-state index contributed by atoms with van der Waals surface area (Å²) in [7, 11) is 1.50. The zero-order chi connectivity index (χ0) is 22.7. The molecule has 1 aromatic carbocycles. The van der Waals surface area contributed by atoms with Crippen LogP contribution in [0.1, 0.15) is 44.1 Å². The smallest absolute Gasteiger partial charge is 0.407 e. The maximum Gasteiger partial charge on any atom is 0.407 e. The Bertz CT molecular complexity index is 927. The largest absolute Gasteiger partial charge is 0.442 e. The molecule has 1 saturated heterocycles. The molecule has 2 unspecified atom stereocenters. The second-order valence-corrected chi connectivity index (χ2v) is 10.3. The third-order valence-electron chi connectivity index (χ3n) is 8.67. The minimum Gasteiger partial charge on any atom is -0.442 e. The van der Waals surface area contributed by atoms with Crippen LogP contribution in [-0.4, -0.2) is 49.0 Å². The van der Waals surface area contributed by atoms with E-state index in [0.717, 1.165) is 24.8 Å².